The number of nitrogens with zero attached hydrogens (tertiary/aromatic N) is 6. The normalized spacial score (nSPS) is 15.3. The summed E-state index contributed by atoms with van der Waals surface area (Å²) in [6.45, 7) is 3.01. The van der Waals surface area contributed by atoms with Crippen LogP contribution < -0.4 is 4.90 Å². The third-order valence-corrected chi connectivity index (χ3v) is 3.58. The van der Waals surface area contributed by atoms with E-state index < -0.39 is 0 Å². The van der Waals surface area contributed by atoms with Crippen molar-refractivity contribution in [2.24, 2.45) is 5.16 Å². The molecule has 2 aromatic rings. The molecule has 0 spiro atoms. The predicted molar refractivity (Wildman–Crippen MR) is 87.9 cm³/mol. The molecule has 1 aromatic heterocycles. The number of oxime groups is 1. The molecule has 0 saturated carbocycles. The van der Waals surface area contributed by atoms with Gasteiger partial charge in [-0.05, 0) is 17.3 Å². The molecule has 0 atom stereocenters. The van der Waals surface area contributed by atoms with Crippen LogP contribution >= 0.6 is 24.0 Å². The summed E-state index contributed by atoms with van der Waals surface area (Å²) in [6, 6.07) is 7.01. The molecule has 1 aliphatic heterocycles. The van der Waals surface area contributed by atoms with Gasteiger partial charge in [0, 0.05) is 23.7 Å². The number of anilines is 1. The molecule has 0 bridgehead atoms. The number of halogens is 2. The molecule has 1 N–H and O–H groups in total. The maximum Gasteiger partial charge on any atom is 0.266 e. The smallest absolute Gasteiger partial charge is 0.266 e. The molecule has 1 aliphatic rings. The fourth-order valence-electron chi connectivity index (χ4n) is 2.15. The molecule has 1 fully saturated rings. The highest BCUT2D eigenvalue weighted by Crippen LogP contribution is 2.12. The van der Waals surface area contributed by atoms with E-state index in [1.54, 1.807) is 24.3 Å². The Bertz CT molecular complexity index is 655. The Kier molecular flexibility index (Phi) is 6.14. The fraction of sp³-hybridized carbons (Fsp3) is 0.385. The first kappa shape index (κ1) is 17.5. The Balaban J connectivity index is 0.00000192. The minimum Gasteiger partial charge on any atom is -0.411 e. The van der Waals surface area contributed by atoms with Crippen LogP contribution in [0.25, 0.3) is 0 Å². The summed E-state index contributed by atoms with van der Waals surface area (Å²) in [5, 5.41) is 25.5. The lowest BCUT2D eigenvalue weighted by atomic mass is 10.1. The Morgan fingerprint density at radius 1 is 1.26 bits per heavy atom. The standard InChI is InChI=1S/C13H15ClN6O2.ClH/c14-11-3-1-10(2-4-11)12(17-21)9-20-16-13(15-18-20)19-5-7-22-8-6-19;/h1-4,21H,5-9H2;1H/b17-12-;. The Morgan fingerprint density at radius 3 is 2.61 bits per heavy atom. The van der Waals surface area contributed by atoms with E-state index >= 15 is 0 Å². The highest BCUT2D eigenvalue weighted by atomic mass is 35.5. The third kappa shape index (κ3) is 4.31. The molecule has 3 rings (SSSR count). The number of morpholine rings is 1. The van der Waals surface area contributed by atoms with E-state index in [1.807, 2.05) is 4.90 Å². The van der Waals surface area contributed by atoms with E-state index in [4.69, 9.17) is 16.3 Å². The minimum absolute atomic E-state index is 0. The van der Waals surface area contributed by atoms with Crippen molar-refractivity contribution in [1.82, 2.24) is 20.2 Å². The highest BCUT2D eigenvalue weighted by Gasteiger charge is 2.16. The van der Waals surface area contributed by atoms with E-state index in [-0.39, 0.29) is 19.0 Å². The van der Waals surface area contributed by atoms with Crippen LogP contribution in [0.15, 0.2) is 29.4 Å². The lowest BCUT2D eigenvalue weighted by Gasteiger charge is -2.24. The van der Waals surface area contributed by atoms with Crippen molar-refractivity contribution in [3.8, 4) is 0 Å². The van der Waals surface area contributed by atoms with Gasteiger partial charge in [-0.1, -0.05) is 34.0 Å². The molecule has 1 saturated heterocycles. The van der Waals surface area contributed by atoms with Gasteiger partial charge in [0.2, 0.25) is 0 Å². The predicted octanol–water partition coefficient (Wildman–Crippen LogP) is 1.46. The largest absolute Gasteiger partial charge is 0.411 e. The molecule has 0 aliphatic carbocycles. The zero-order chi connectivity index (χ0) is 15.4. The summed E-state index contributed by atoms with van der Waals surface area (Å²) in [4.78, 5) is 3.40. The maximum absolute atomic E-state index is 9.20. The van der Waals surface area contributed by atoms with Gasteiger partial charge in [-0.25, -0.2) is 0 Å². The van der Waals surface area contributed by atoms with Crippen LogP contribution in [-0.4, -0.2) is 57.4 Å². The monoisotopic (exact) mass is 358 g/mol. The van der Waals surface area contributed by atoms with Gasteiger partial charge in [-0.15, -0.1) is 17.5 Å². The maximum atomic E-state index is 9.20. The van der Waals surface area contributed by atoms with Crippen molar-refractivity contribution in [2.75, 3.05) is 31.2 Å². The quantitative estimate of drug-likeness (QED) is 0.505. The molecule has 0 radical (unpaired) electrons. The molecular formula is C13H16Cl2N6O2. The van der Waals surface area contributed by atoms with E-state index in [1.165, 1.54) is 4.80 Å². The summed E-state index contributed by atoms with van der Waals surface area (Å²) in [6.07, 6.45) is 0. The molecule has 10 heteroatoms. The number of aromatic nitrogens is 4. The number of tetrazole rings is 1. The second-order valence-electron chi connectivity index (χ2n) is 4.77. The zero-order valence-electron chi connectivity index (χ0n) is 12.2. The average Bonchev–Trinajstić information content (AvgIpc) is 3.03. The molecule has 124 valence electrons. The second-order valence-corrected chi connectivity index (χ2v) is 5.21. The third-order valence-electron chi connectivity index (χ3n) is 3.33. The van der Waals surface area contributed by atoms with Crippen LogP contribution in [0.4, 0.5) is 5.95 Å². The van der Waals surface area contributed by atoms with Gasteiger partial charge in [-0.2, -0.15) is 4.80 Å². The van der Waals surface area contributed by atoms with Crippen molar-refractivity contribution >= 4 is 35.7 Å². The molecule has 8 nitrogen and oxygen atoms in total. The zero-order valence-corrected chi connectivity index (χ0v) is 13.7. The van der Waals surface area contributed by atoms with Gasteiger partial charge < -0.3 is 14.8 Å². The summed E-state index contributed by atoms with van der Waals surface area (Å²) < 4.78 is 5.29. The molecule has 2 heterocycles. The van der Waals surface area contributed by atoms with E-state index in [2.05, 4.69) is 20.6 Å². The summed E-state index contributed by atoms with van der Waals surface area (Å²) in [5.41, 5.74) is 1.18. The van der Waals surface area contributed by atoms with Crippen LogP contribution in [0, 0.1) is 0 Å². The van der Waals surface area contributed by atoms with E-state index in [0.717, 1.165) is 18.7 Å². The first-order valence-corrected chi connectivity index (χ1v) is 7.21. The second kappa shape index (κ2) is 8.09. The first-order valence-electron chi connectivity index (χ1n) is 6.83. The molecule has 0 amide bonds. The van der Waals surface area contributed by atoms with Crippen LogP contribution in [0.1, 0.15) is 5.56 Å². The Morgan fingerprint density at radius 2 is 1.96 bits per heavy atom. The van der Waals surface area contributed by atoms with Crippen LogP contribution in [-0.2, 0) is 11.3 Å². The summed E-state index contributed by atoms with van der Waals surface area (Å²) in [5.74, 6) is 0.552. The van der Waals surface area contributed by atoms with Gasteiger partial charge in [0.05, 0.1) is 13.2 Å². The van der Waals surface area contributed by atoms with Crippen molar-refractivity contribution in [2.45, 2.75) is 6.54 Å². The molecule has 1 aromatic carbocycles. The van der Waals surface area contributed by atoms with Crippen molar-refractivity contribution < 1.29 is 9.94 Å². The van der Waals surface area contributed by atoms with E-state index in [9.17, 15) is 5.21 Å². The SMILES string of the molecule is Cl.O/N=C(/Cn1nnc(N2CCOCC2)n1)c1ccc(Cl)cc1. The lowest BCUT2D eigenvalue weighted by Crippen LogP contribution is -2.37. The fourth-order valence-corrected chi connectivity index (χ4v) is 2.27. The van der Waals surface area contributed by atoms with Crippen molar-refractivity contribution in [3.63, 3.8) is 0 Å². The van der Waals surface area contributed by atoms with Gasteiger partial charge >= 0.3 is 0 Å². The summed E-state index contributed by atoms with van der Waals surface area (Å²) in [7, 11) is 0. The first-order chi connectivity index (χ1) is 10.8. The molecular weight excluding hydrogens is 343 g/mol. The molecule has 0 unspecified atom stereocenters. The number of benzene rings is 1. The lowest BCUT2D eigenvalue weighted by molar-refractivity contribution is 0.122. The Labute approximate surface area is 144 Å². The number of rotatable bonds is 4. The van der Waals surface area contributed by atoms with Gasteiger partial charge in [-0.3, -0.25) is 0 Å². The summed E-state index contributed by atoms with van der Waals surface area (Å²) >= 11 is 5.85. The van der Waals surface area contributed by atoms with Gasteiger partial charge in [0.25, 0.3) is 5.95 Å². The van der Waals surface area contributed by atoms with Crippen LogP contribution in [0.3, 0.4) is 0 Å². The van der Waals surface area contributed by atoms with Gasteiger partial charge in [0.15, 0.2) is 0 Å². The number of hydrogen-bond donors (Lipinski definition) is 1. The van der Waals surface area contributed by atoms with Crippen LogP contribution in [0.5, 0.6) is 0 Å². The molecule has 23 heavy (non-hydrogen) atoms. The topological polar surface area (TPSA) is 88.7 Å². The average molecular weight is 359 g/mol. The number of ether oxygens (including phenoxy) is 1. The van der Waals surface area contributed by atoms with Crippen LogP contribution in [0.2, 0.25) is 5.02 Å². The van der Waals surface area contributed by atoms with Crippen molar-refractivity contribution in [1.29, 1.82) is 0 Å². The van der Waals surface area contributed by atoms with E-state index in [0.29, 0.717) is 29.9 Å². The van der Waals surface area contributed by atoms with Gasteiger partial charge in [0.1, 0.15) is 12.3 Å². The minimum atomic E-state index is 0. The van der Waals surface area contributed by atoms with Crippen molar-refractivity contribution in [3.05, 3.63) is 34.9 Å². The number of hydrogen-bond acceptors (Lipinski definition) is 7. The Hall–Kier alpha value is -1.90. The highest BCUT2D eigenvalue weighted by molar-refractivity contribution is 6.30.